The predicted molar refractivity (Wildman–Crippen MR) is 107 cm³/mol. The minimum Gasteiger partial charge on any atom is -0.352 e. The SMILES string of the molecule is O=C[B]N1CCC[C@H](NC(=O)[C@@H]2C[C@H]3CN2C(=O)N3OCc2ccccc2)CC1. The van der Waals surface area contributed by atoms with Crippen LogP contribution < -0.4 is 5.32 Å². The molecule has 4 rings (SSSR count). The molecule has 3 aliphatic rings. The summed E-state index contributed by atoms with van der Waals surface area (Å²) < 4.78 is 0. The molecule has 3 saturated heterocycles. The summed E-state index contributed by atoms with van der Waals surface area (Å²) in [6, 6.07) is 9.05. The Hall–Kier alpha value is -2.39. The first kappa shape index (κ1) is 19.9. The van der Waals surface area contributed by atoms with Gasteiger partial charge < -0.3 is 19.8 Å². The van der Waals surface area contributed by atoms with Crippen LogP contribution in [0, 0.1) is 0 Å². The Morgan fingerprint density at radius 2 is 2.07 bits per heavy atom. The Balaban J connectivity index is 1.28. The lowest BCUT2D eigenvalue weighted by atomic mass is 9.94. The number of urea groups is 1. The van der Waals surface area contributed by atoms with Crippen molar-refractivity contribution in [3.8, 4) is 0 Å². The first-order valence-corrected chi connectivity index (χ1v) is 10.3. The van der Waals surface area contributed by atoms with Gasteiger partial charge in [0.25, 0.3) is 7.41 Å². The van der Waals surface area contributed by atoms with Gasteiger partial charge >= 0.3 is 6.03 Å². The second-order valence-electron chi connectivity index (χ2n) is 7.88. The van der Waals surface area contributed by atoms with Crippen LogP contribution in [0.2, 0.25) is 0 Å². The van der Waals surface area contributed by atoms with Crippen LogP contribution in [0.4, 0.5) is 4.79 Å². The maximum absolute atomic E-state index is 12.8. The second-order valence-corrected chi connectivity index (χ2v) is 7.88. The Kier molecular flexibility index (Phi) is 6.15. The molecule has 3 aliphatic heterocycles. The summed E-state index contributed by atoms with van der Waals surface area (Å²) in [5, 5.41) is 4.55. The smallest absolute Gasteiger partial charge is 0.345 e. The molecular formula is C20H26BN4O4. The van der Waals surface area contributed by atoms with Gasteiger partial charge in [0, 0.05) is 19.0 Å². The third-order valence-corrected chi connectivity index (χ3v) is 5.94. The van der Waals surface area contributed by atoms with Crippen molar-refractivity contribution >= 4 is 25.5 Å². The Labute approximate surface area is 171 Å². The zero-order valence-electron chi connectivity index (χ0n) is 16.4. The maximum Gasteiger partial charge on any atom is 0.345 e. The normalized spacial score (nSPS) is 27.0. The van der Waals surface area contributed by atoms with Crippen molar-refractivity contribution in [1.29, 1.82) is 0 Å². The van der Waals surface area contributed by atoms with Crippen molar-refractivity contribution in [3.63, 3.8) is 0 Å². The van der Waals surface area contributed by atoms with Gasteiger partial charge in [0.05, 0.1) is 12.2 Å². The number of hydrogen-bond donors (Lipinski definition) is 1. The van der Waals surface area contributed by atoms with E-state index in [9.17, 15) is 14.4 Å². The minimum atomic E-state index is -0.426. The molecule has 0 unspecified atom stereocenters. The Morgan fingerprint density at radius 3 is 2.83 bits per heavy atom. The number of carbonyl (C=O) groups is 3. The molecule has 0 saturated carbocycles. The van der Waals surface area contributed by atoms with Crippen LogP contribution >= 0.6 is 0 Å². The largest absolute Gasteiger partial charge is 0.352 e. The molecule has 3 amide bonds. The zero-order valence-corrected chi connectivity index (χ0v) is 16.4. The van der Waals surface area contributed by atoms with Gasteiger partial charge in [-0.05, 0) is 37.9 Å². The summed E-state index contributed by atoms with van der Waals surface area (Å²) in [4.78, 5) is 45.5. The molecule has 0 aromatic heterocycles. The third-order valence-electron chi connectivity index (χ3n) is 5.94. The van der Waals surface area contributed by atoms with Crippen molar-refractivity contribution in [1.82, 2.24) is 20.1 Å². The summed E-state index contributed by atoms with van der Waals surface area (Å²) in [6.07, 6.45) is 3.99. The van der Waals surface area contributed by atoms with Crippen molar-refractivity contribution in [2.45, 2.75) is 50.4 Å². The molecule has 9 heteroatoms. The fourth-order valence-corrected chi connectivity index (χ4v) is 4.40. The van der Waals surface area contributed by atoms with Gasteiger partial charge in [-0.1, -0.05) is 30.3 Å². The maximum atomic E-state index is 12.8. The first-order valence-electron chi connectivity index (χ1n) is 10.3. The molecule has 2 bridgehead atoms. The van der Waals surface area contributed by atoms with E-state index < -0.39 is 6.04 Å². The lowest BCUT2D eigenvalue weighted by Gasteiger charge is -2.31. The van der Waals surface area contributed by atoms with Gasteiger partial charge in [-0.25, -0.2) is 4.79 Å². The summed E-state index contributed by atoms with van der Waals surface area (Å²) in [6.45, 7) is 2.44. The number of nitrogens with zero attached hydrogens (tertiary/aromatic N) is 3. The van der Waals surface area contributed by atoms with Crippen LogP contribution in [0.15, 0.2) is 30.3 Å². The fourth-order valence-electron chi connectivity index (χ4n) is 4.40. The predicted octanol–water partition coefficient (Wildman–Crippen LogP) is 0.777. The van der Waals surface area contributed by atoms with Crippen LogP contribution in [-0.4, -0.2) is 78.1 Å². The van der Waals surface area contributed by atoms with E-state index in [1.165, 1.54) is 5.06 Å². The highest BCUT2D eigenvalue weighted by atomic mass is 16.7. The molecular weight excluding hydrogens is 371 g/mol. The average Bonchev–Trinajstić information content (AvgIpc) is 3.21. The zero-order chi connectivity index (χ0) is 20.2. The van der Waals surface area contributed by atoms with Crippen molar-refractivity contribution in [3.05, 3.63) is 35.9 Å². The molecule has 153 valence electrons. The standard InChI is InChI=1S/C20H26BN4O4/c26-14-21-23-9-4-7-16(8-10-23)22-19(27)18-11-17-12-24(18)20(28)25(17)29-13-15-5-2-1-3-6-15/h1-3,5-6,14,16-18H,4,7-13H2,(H,22,27)/t16-,17-,18-/m0/s1. The molecule has 8 nitrogen and oxygen atoms in total. The number of hydroxylamine groups is 2. The molecule has 1 aromatic rings. The molecule has 1 N–H and O–H groups in total. The van der Waals surface area contributed by atoms with Crippen molar-refractivity contribution in [2.24, 2.45) is 0 Å². The number of rotatable bonds is 7. The van der Waals surface area contributed by atoms with Crippen LogP contribution in [0.25, 0.3) is 0 Å². The molecule has 0 aliphatic carbocycles. The van der Waals surface area contributed by atoms with Crippen LogP contribution in [0.1, 0.15) is 31.2 Å². The van der Waals surface area contributed by atoms with Crippen LogP contribution in [0.3, 0.4) is 0 Å². The molecule has 29 heavy (non-hydrogen) atoms. The highest BCUT2D eigenvalue weighted by Gasteiger charge is 2.52. The summed E-state index contributed by atoms with van der Waals surface area (Å²) in [7, 11) is 1.56. The highest BCUT2D eigenvalue weighted by Crippen LogP contribution is 2.32. The van der Waals surface area contributed by atoms with Gasteiger partial charge in [0.1, 0.15) is 12.6 Å². The van der Waals surface area contributed by atoms with Crippen molar-refractivity contribution < 1.29 is 19.2 Å². The number of benzene rings is 1. The summed E-state index contributed by atoms with van der Waals surface area (Å²) in [5.74, 6) is -0.0821. The van der Waals surface area contributed by atoms with E-state index in [1.807, 2.05) is 35.1 Å². The lowest BCUT2D eigenvalue weighted by Crippen LogP contribution is -2.53. The Morgan fingerprint density at radius 1 is 1.24 bits per heavy atom. The number of nitrogens with one attached hydrogen (secondary N) is 1. The van der Waals surface area contributed by atoms with Crippen LogP contribution in [-0.2, 0) is 21.0 Å². The van der Waals surface area contributed by atoms with Gasteiger partial charge in [-0.15, -0.1) is 0 Å². The van der Waals surface area contributed by atoms with E-state index in [0.29, 0.717) is 19.6 Å². The van der Waals surface area contributed by atoms with E-state index in [-0.39, 0.29) is 24.0 Å². The summed E-state index contributed by atoms with van der Waals surface area (Å²) >= 11 is 0. The number of hydrogen-bond acceptors (Lipinski definition) is 5. The van der Waals surface area contributed by atoms with E-state index in [2.05, 4.69) is 5.32 Å². The van der Waals surface area contributed by atoms with Crippen molar-refractivity contribution in [2.75, 3.05) is 19.6 Å². The molecule has 3 fully saturated rings. The Bertz CT molecular complexity index is 749. The van der Waals surface area contributed by atoms with Gasteiger partial charge in [-0.2, -0.15) is 5.06 Å². The third kappa shape index (κ3) is 4.46. The van der Waals surface area contributed by atoms with E-state index in [1.54, 1.807) is 12.3 Å². The first-order chi connectivity index (χ1) is 14.2. The minimum absolute atomic E-state index is 0.0772. The van der Waals surface area contributed by atoms with Gasteiger partial charge in [-0.3, -0.25) is 9.63 Å². The van der Waals surface area contributed by atoms with Crippen LogP contribution in [0.5, 0.6) is 0 Å². The van der Waals surface area contributed by atoms with E-state index in [4.69, 9.17) is 4.84 Å². The topological polar surface area (TPSA) is 82.2 Å². The average molecular weight is 397 g/mol. The lowest BCUT2D eigenvalue weighted by molar-refractivity contribution is -0.151. The molecule has 3 heterocycles. The molecule has 1 radical (unpaired) electrons. The van der Waals surface area contributed by atoms with Gasteiger partial charge in [0.2, 0.25) is 5.91 Å². The van der Waals surface area contributed by atoms with E-state index in [0.717, 1.165) is 44.1 Å². The number of carbonyl (C=O) groups excluding carboxylic acids is 3. The van der Waals surface area contributed by atoms with E-state index >= 15 is 0 Å². The summed E-state index contributed by atoms with van der Waals surface area (Å²) in [5.41, 5.74) is 1.00. The molecule has 1 aromatic carbocycles. The monoisotopic (exact) mass is 397 g/mol. The van der Waals surface area contributed by atoms with Gasteiger partial charge in [0.15, 0.2) is 0 Å². The highest BCUT2D eigenvalue weighted by molar-refractivity contribution is 6.64. The second kappa shape index (κ2) is 8.96. The number of fused-ring (bicyclic) bond motifs is 2. The molecule has 3 atom stereocenters. The fraction of sp³-hybridized carbons (Fsp3) is 0.550. The quantitative estimate of drug-likeness (QED) is 0.543. The number of amides is 3. The molecule has 0 spiro atoms.